The van der Waals surface area contributed by atoms with E-state index >= 15 is 0 Å². The largest absolute Gasteiger partial charge is 0.464 e. The first kappa shape index (κ1) is 19.3. The molecule has 0 N–H and O–H groups in total. The second-order valence-electron chi connectivity index (χ2n) is 8.63. The Balaban J connectivity index is 2.06. The van der Waals surface area contributed by atoms with Gasteiger partial charge in [0.05, 0.1) is 6.10 Å². The highest BCUT2D eigenvalue weighted by Crippen LogP contribution is 2.33. The van der Waals surface area contributed by atoms with Crippen molar-refractivity contribution < 1.29 is 9.47 Å². The third kappa shape index (κ3) is 5.24. The molecule has 0 amide bonds. The molecule has 1 saturated carbocycles. The summed E-state index contributed by atoms with van der Waals surface area (Å²) in [5.41, 5.74) is 1.32. The molecule has 1 aliphatic carbocycles. The van der Waals surface area contributed by atoms with Crippen LogP contribution in [-0.4, -0.2) is 12.4 Å². The minimum absolute atomic E-state index is 0.0491. The van der Waals surface area contributed by atoms with Crippen molar-refractivity contribution in [1.82, 2.24) is 0 Å². The summed E-state index contributed by atoms with van der Waals surface area (Å²) in [5.74, 6) is 2.13. The highest BCUT2D eigenvalue weighted by atomic mass is 16.7. The SMILES string of the molecule is CCC(C)c1ccc(OC(OC2CCCCC2C)C(C)(C)C)cc1. The van der Waals surface area contributed by atoms with Crippen LogP contribution in [0.3, 0.4) is 0 Å². The topological polar surface area (TPSA) is 18.5 Å². The Bertz CT molecular complexity index is 486. The summed E-state index contributed by atoms with van der Waals surface area (Å²) in [6.45, 7) is 13.4. The Labute approximate surface area is 148 Å². The van der Waals surface area contributed by atoms with Crippen molar-refractivity contribution in [3.05, 3.63) is 29.8 Å². The normalized spacial score (nSPS) is 24.4. The lowest BCUT2D eigenvalue weighted by molar-refractivity contribution is -0.188. The van der Waals surface area contributed by atoms with E-state index in [1.807, 2.05) is 0 Å². The van der Waals surface area contributed by atoms with Crippen molar-refractivity contribution in [2.24, 2.45) is 11.3 Å². The van der Waals surface area contributed by atoms with Crippen LogP contribution in [0.5, 0.6) is 5.75 Å². The molecule has 4 atom stereocenters. The lowest BCUT2D eigenvalue weighted by atomic mass is 9.87. The van der Waals surface area contributed by atoms with Crippen LogP contribution in [0, 0.1) is 11.3 Å². The van der Waals surface area contributed by atoms with Crippen LogP contribution in [0.15, 0.2) is 24.3 Å². The predicted molar refractivity (Wildman–Crippen MR) is 102 cm³/mol. The van der Waals surface area contributed by atoms with Gasteiger partial charge in [0.25, 0.3) is 0 Å². The molecule has 0 bridgehead atoms. The fraction of sp³-hybridized carbons (Fsp3) is 0.727. The summed E-state index contributed by atoms with van der Waals surface area (Å²) in [6, 6.07) is 8.56. The second-order valence-corrected chi connectivity index (χ2v) is 8.63. The van der Waals surface area contributed by atoms with Crippen molar-refractivity contribution in [3.8, 4) is 5.75 Å². The first-order valence-electron chi connectivity index (χ1n) is 9.73. The molecule has 1 aliphatic rings. The average molecular weight is 333 g/mol. The molecule has 0 radical (unpaired) electrons. The van der Waals surface area contributed by atoms with Gasteiger partial charge in [-0.2, -0.15) is 0 Å². The van der Waals surface area contributed by atoms with E-state index in [0.29, 0.717) is 17.9 Å². The van der Waals surface area contributed by atoms with E-state index in [1.54, 1.807) is 0 Å². The Morgan fingerprint density at radius 2 is 1.71 bits per heavy atom. The predicted octanol–water partition coefficient (Wildman–Crippen LogP) is 6.55. The molecule has 1 aromatic rings. The van der Waals surface area contributed by atoms with Crippen molar-refractivity contribution in [3.63, 3.8) is 0 Å². The van der Waals surface area contributed by atoms with E-state index in [4.69, 9.17) is 9.47 Å². The Hall–Kier alpha value is -1.02. The first-order chi connectivity index (χ1) is 11.3. The Morgan fingerprint density at radius 1 is 1.08 bits per heavy atom. The quantitative estimate of drug-likeness (QED) is 0.550. The van der Waals surface area contributed by atoms with Crippen molar-refractivity contribution in [1.29, 1.82) is 0 Å². The summed E-state index contributed by atoms with van der Waals surface area (Å²) in [4.78, 5) is 0. The minimum Gasteiger partial charge on any atom is -0.464 e. The van der Waals surface area contributed by atoms with Gasteiger partial charge in [0.1, 0.15) is 5.75 Å². The molecular weight excluding hydrogens is 296 g/mol. The zero-order valence-corrected chi connectivity index (χ0v) is 16.5. The van der Waals surface area contributed by atoms with Crippen LogP contribution in [0.4, 0.5) is 0 Å². The number of hydrogen-bond acceptors (Lipinski definition) is 2. The van der Waals surface area contributed by atoms with Crippen molar-refractivity contribution in [2.75, 3.05) is 0 Å². The molecule has 0 saturated heterocycles. The maximum atomic E-state index is 6.45. The molecule has 0 aromatic heterocycles. The van der Waals surface area contributed by atoms with Crippen LogP contribution in [0.1, 0.15) is 85.1 Å². The smallest absolute Gasteiger partial charge is 0.204 e. The van der Waals surface area contributed by atoms with Gasteiger partial charge in [-0.3, -0.25) is 0 Å². The lowest BCUT2D eigenvalue weighted by Gasteiger charge is -2.37. The van der Waals surface area contributed by atoms with Gasteiger partial charge >= 0.3 is 0 Å². The summed E-state index contributed by atoms with van der Waals surface area (Å²) in [5, 5.41) is 0. The number of hydrogen-bond donors (Lipinski definition) is 0. The van der Waals surface area contributed by atoms with E-state index in [1.165, 1.54) is 24.8 Å². The van der Waals surface area contributed by atoms with Crippen LogP contribution >= 0.6 is 0 Å². The van der Waals surface area contributed by atoms with Crippen molar-refractivity contribution in [2.45, 2.75) is 92.0 Å². The van der Waals surface area contributed by atoms with Crippen LogP contribution in [-0.2, 0) is 4.74 Å². The molecule has 2 nitrogen and oxygen atoms in total. The molecule has 1 fully saturated rings. The third-order valence-corrected chi connectivity index (χ3v) is 5.34. The summed E-state index contributed by atoms with van der Waals surface area (Å²) in [7, 11) is 0. The molecule has 24 heavy (non-hydrogen) atoms. The summed E-state index contributed by atoms with van der Waals surface area (Å²) >= 11 is 0. The minimum atomic E-state index is -0.211. The molecular formula is C22H36O2. The maximum absolute atomic E-state index is 6.45. The van der Waals surface area contributed by atoms with Crippen LogP contribution < -0.4 is 4.74 Å². The zero-order chi connectivity index (χ0) is 17.7. The van der Waals surface area contributed by atoms with Gasteiger partial charge in [0.2, 0.25) is 6.29 Å². The molecule has 0 spiro atoms. The van der Waals surface area contributed by atoms with Crippen LogP contribution in [0.25, 0.3) is 0 Å². The van der Waals surface area contributed by atoms with E-state index in [0.717, 1.165) is 18.6 Å². The summed E-state index contributed by atoms with van der Waals surface area (Å²) < 4.78 is 12.7. The second kappa shape index (κ2) is 8.38. The van der Waals surface area contributed by atoms with Crippen molar-refractivity contribution >= 4 is 0 Å². The van der Waals surface area contributed by atoms with E-state index < -0.39 is 0 Å². The molecule has 0 heterocycles. The van der Waals surface area contributed by atoms with E-state index in [2.05, 4.69) is 65.8 Å². The summed E-state index contributed by atoms with van der Waals surface area (Å²) in [6.07, 6.45) is 6.30. The molecule has 2 rings (SSSR count). The molecule has 2 heteroatoms. The highest BCUT2D eigenvalue weighted by Gasteiger charge is 2.33. The lowest BCUT2D eigenvalue weighted by Crippen LogP contribution is -2.40. The molecule has 1 aromatic carbocycles. The average Bonchev–Trinajstić information content (AvgIpc) is 2.55. The van der Waals surface area contributed by atoms with Gasteiger partial charge in [-0.15, -0.1) is 0 Å². The van der Waals surface area contributed by atoms with Gasteiger partial charge in [0, 0.05) is 5.41 Å². The monoisotopic (exact) mass is 332 g/mol. The van der Waals surface area contributed by atoms with Gasteiger partial charge in [0.15, 0.2) is 0 Å². The zero-order valence-electron chi connectivity index (χ0n) is 16.5. The fourth-order valence-corrected chi connectivity index (χ4v) is 3.29. The number of rotatable bonds is 6. The van der Waals surface area contributed by atoms with Gasteiger partial charge in [-0.1, -0.05) is 66.5 Å². The van der Waals surface area contributed by atoms with Gasteiger partial charge in [-0.05, 0) is 48.8 Å². The number of benzene rings is 1. The standard InChI is InChI=1S/C22H36O2/c1-7-16(2)18-12-14-19(15-13-18)23-21(22(4,5)6)24-20-11-9-8-10-17(20)3/h12-17,20-21H,7-11H2,1-6H3. The van der Waals surface area contributed by atoms with Gasteiger partial charge < -0.3 is 9.47 Å². The van der Waals surface area contributed by atoms with Gasteiger partial charge in [-0.25, -0.2) is 0 Å². The van der Waals surface area contributed by atoms with E-state index in [9.17, 15) is 0 Å². The Morgan fingerprint density at radius 3 is 2.25 bits per heavy atom. The molecule has 0 aliphatic heterocycles. The Kier molecular flexibility index (Phi) is 6.74. The maximum Gasteiger partial charge on any atom is 0.204 e. The highest BCUT2D eigenvalue weighted by molar-refractivity contribution is 5.29. The van der Waals surface area contributed by atoms with Crippen LogP contribution in [0.2, 0.25) is 0 Å². The third-order valence-electron chi connectivity index (χ3n) is 5.34. The fourth-order valence-electron chi connectivity index (χ4n) is 3.29. The molecule has 136 valence electrons. The van der Waals surface area contributed by atoms with E-state index in [-0.39, 0.29) is 11.7 Å². The number of ether oxygens (including phenoxy) is 2. The first-order valence-corrected chi connectivity index (χ1v) is 9.73. The molecule has 4 unspecified atom stereocenters.